The van der Waals surface area contributed by atoms with Gasteiger partial charge in [-0.3, -0.25) is 0 Å². The fourth-order valence-corrected chi connectivity index (χ4v) is 1.74. The van der Waals surface area contributed by atoms with E-state index in [9.17, 15) is 0 Å². The topological polar surface area (TPSA) is 26.0 Å². The molecular weight excluding hydrogens is 158 g/mol. The molecule has 0 aromatic carbocycles. The summed E-state index contributed by atoms with van der Waals surface area (Å²) in [6.07, 6.45) is 9.17. The largest absolute Gasteiger partial charge is 0.402 e. The highest BCUT2D eigenvalue weighted by Crippen LogP contribution is 2.52. The van der Waals surface area contributed by atoms with E-state index in [0.29, 0.717) is 5.41 Å². The van der Waals surface area contributed by atoms with Gasteiger partial charge in [0, 0.05) is 11.1 Å². The van der Waals surface area contributed by atoms with Gasteiger partial charge in [-0.1, -0.05) is 25.5 Å². The molecule has 1 rings (SSSR count). The summed E-state index contributed by atoms with van der Waals surface area (Å²) in [5.74, 6) is 0. The Hall–Kier alpha value is -0.720. The number of nitrogens with two attached hydrogens (primary N) is 1. The van der Waals surface area contributed by atoms with Gasteiger partial charge in [-0.25, -0.2) is 0 Å². The van der Waals surface area contributed by atoms with Gasteiger partial charge in [0.15, 0.2) is 0 Å². The average Bonchev–Trinajstić information content (AvgIpc) is 2.94. The molecule has 0 unspecified atom stereocenters. The third kappa shape index (κ3) is 2.15. The number of rotatable bonds is 4. The molecule has 1 aliphatic carbocycles. The van der Waals surface area contributed by atoms with Crippen LogP contribution in [0.5, 0.6) is 0 Å². The maximum atomic E-state index is 6.10. The molecule has 74 valence electrons. The van der Waals surface area contributed by atoms with Crippen molar-refractivity contribution in [2.75, 3.05) is 0 Å². The van der Waals surface area contributed by atoms with E-state index in [-0.39, 0.29) is 0 Å². The van der Waals surface area contributed by atoms with Crippen molar-refractivity contribution in [3.63, 3.8) is 0 Å². The van der Waals surface area contributed by atoms with Crippen molar-refractivity contribution < 1.29 is 0 Å². The molecule has 0 aromatic heterocycles. The highest BCUT2D eigenvalue weighted by molar-refractivity contribution is 5.28. The van der Waals surface area contributed by atoms with Gasteiger partial charge in [0.25, 0.3) is 0 Å². The summed E-state index contributed by atoms with van der Waals surface area (Å²) in [4.78, 5) is 0. The van der Waals surface area contributed by atoms with Crippen LogP contribution < -0.4 is 5.73 Å². The van der Waals surface area contributed by atoms with Crippen LogP contribution in [-0.4, -0.2) is 0 Å². The van der Waals surface area contributed by atoms with Crippen LogP contribution in [0.3, 0.4) is 0 Å². The van der Waals surface area contributed by atoms with Crippen molar-refractivity contribution >= 4 is 0 Å². The van der Waals surface area contributed by atoms with Crippen molar-refractivity contribution in [2.24, 2.45) is 11.1 Å². The summed E-state index contributed by atoms with van der Waals surface area (Å²) in [5, 5.41) is 0. The van der Waals surface area contributed by atoms with Gasteiger partial charge in [-0.05, 0) is 38.7 Å². The third-order valence-corrected chi connectivity index (χ3v) is 3.26. The quantitative estimate of drug-likeness (QED) is 0.658. The van der Waals surface area contributed by atoms with E-state index in [0.717, 1.165) is 12.1 Å². The highest BCUT2D eigenvalue weighted by atomic mass is 14.7. The second-order valence-electron chi connectivity index (χ2n) is 3.95. The lowest BCUT2D eigenvalue weighted by molar-refractivity contribution is 0.575. The molecule has 0 amide bonds. The van der Waals surface area contributed by atoms with Gasteiger partial charge in [0.05, 0.1) is 0 Å². The molecule has 0 aliphatic heterocycles. The standard InChI is InChI=1S/C12H21N/c1-4-10(5-2)9-11(13)12(6-3)7-8-12/h4,9H,5-8,13H2,1-3H3/b10-4-,11-9-. The van der Waals surface area contributed by atoms with E-state index in [1.54, 1.807) is 0 Å². The zero-order valence-corrected chi connectivity index (χ0v) is 9.06. The van der Waals surface area contributed by atoms with Gasteiger partial charge >= 0.3 is 0 Å². The Labute approximate surface area is 81.7 Å². The molecule has 0 aromatic rings. The van der Waals surface area contributed by atoms with Crippen LogP contribution in [0.25, 0.3) is 0 Å². The normalized spacial score (nSPS) is 21.8. The van der Waals surface area contributed by atoms with Crippen LogP contribution in [0.2, 0.25) is 0 Å². The average molecular weight is 179 g/mol. The second kappa shape index (κ2) is 3.99. The van der Waals surface area contributed by atoms with Crippen molar-refractivity contribution in [1.29, 1.82) is 0 Å². The Morgan fingerprint density at radius 2 is 2.00 bits per heavy atom. The predicted molar refractivity (Wildman–Crippen MR) is 58.3 cm³/mol. The van der Waals surface area contributed by atoms with E-state index < -0.39 is 0 Å². The Balaban J connectivity index is 2.71. The summed E-state index contributed by atoms with van der Waals surface area (Å²) in [6, 6.07) is 0. The smallest absolute Gasteiger partial charge is 0.0146 e. The number of allylic oxidation sites excluding steroid dienone is 4. The molecule has 2 N–H and O–H groups in total. The monoisotopic (exact) mass is 179 g/mol. The third-order valence-electron chi connectivity index (χ3n) is 3.26. The molecule has 0 saturated heterocycles. The van der Waals surface area contributed by atoms with Gasteiger partial charge in [0.2, 0.25) is 0 Å². The summed E-state index contributed by atoms with van der Waals surface area (Å²) >= 11 is 0. The first-order valence-electron chi connectivity index (χ1n) is 5.31. The first-order chi connectivity index (χ1) is 6.18. The minimum atomic E-state index is 0.378. The van der Waals surface area contributed by atoms with Crippen LogP contribution in [0, 0.1) is 5.41 Å². The molecular formula is C12H21N. The molecule has 13 heavy (non-hydrogen) atoms. The lowest BCUT2D eigenvalue weighted by atomic mass is 9.97. The summed E-state index contributed by atoms with van der Waals surface area (Å²) in [5.41, 5.74) is 8.94. The first kappa shape index (κ1) is 10.4. The van der Waals surface area contributed by atoms with Crippen molar-refractivity contribution in [3.8, 4) is 0 Å². The van der Waals surface area contributed by atoms with E-state index in [2.05, 4.69) is 32.9 Å². The minimum Gasteiger partial charge on any atom is -0.402 e. The van der Waals surface area contributed by atoms with Crippen LogP contribution in [0.15, 0.2) is 23.4 Å². The van der Waals surface area contributed by atoms with Gasteiger partial charge in [-0.15, -0.1) is 0 Å². The lowest BCUT2D eigenvalue weighted by Gasteiger charge is -2.13. The maximum Gasteiger partial charge on any atom is 0.0146 e. The fourth-order valence-electron chi connectivity index (χ4n) is 1.74. The Kier molecular flexibility index (Phi) is 3.18. The molecule has 1 fully saturated rings. The molecule has 1 heteroatoms. The predicted octanol–water partition coefficient (Wildman–Crippen LogP) is 3.38. The van der Waals surface area contributed by atoms with E-state index >= 15 is 0 Å². The molecule has 0 heterocycles. The maximum absolute atomic E-state index is 6.10. The Morgan fingerprint density at radius 3 is 2.31 bits per heavy atom. The Morgan fingerprint density at radius 1 is 1.38 bits per heavy atom. The van der Waals surface area contributed by atoms with Gasteiger partial charge < -0.3 is 5.73 Å². The zero-order valence-electron chi connectivity index (χ0n) is 9.06. The summed E-state index contributed by atoms with van der Waals surface area (Å²) < 4.78 is 0. The highest BCUT2D eigenvalue weighted by Gasteiger charge is 2.42. The van der Waals surface area contributed by atoms with Crippen LogP contribution in [0.4, 0.5) is 0 Å². The van der Waals surface area contributed by atoms with Crippen molar-refractivity contribution in [1.82, 2.24) is 0 Å². The van der Waals surface area contributed by atoms with Crippen molar-refractivity contribution in [2.45, 2.75) is 46.5 Å². The van der Waals surface area contributed by atoms with E-state index in [1.165, 1.54) is 24.8 Å². The van der Waals surface area contributed by atoms with Crippen LogP contribution >= 0.6 is 0 Å². The fraction of sp³-hybridized carbons (Fsp3) is 0.667. The van der Waals surface area contributed by atoms with Gasteiger partial charge in [-0.2, -0.15) is 0 Å². The zero-order chi connectivity index (χ0) is 9.90. The lowest BCUT2D eigenvalue weighted by Crippen LogP contribution is -2.12. The van der Waals surface area contributed by atoms with E-state index in [1.807, 2.05) is 0 Å². The second-order valence-corrected chi connectivity index (χ2v) is 3.95. The minimum absolute atomic E-state index is 0.378. The molecule has 0 spiro atoms. The van der Waals surface area contributed by atoms with Crippen LogP contribution in [-0.2, 0) is 0 Å². The summed E-state index contributed by atoms with van der Waals surface area (Å²) in [6.45, 7) is 6.48. The van der Waals surface area contributed by atoms with Crippen LogP contribution in [0.1, 0.15) is 46.5 Å². The molecule has 1 nitrogen and oxygen atoms in total. The number of hydrogen-bond donors (Lipinski definition) is 1. The SMILES string of the molecule is C/C=C(\C=C(/N)C1(CC)CC1)CC. The number of hydrogen-bond acceptors (Lipinski definition) is 1. The van der Waals surface area contributed by atoms with Crippen molar-refractivity contribution in [3.05, 3.63) is 23.4 Å². The molecule has 0 radical (unpaired) electrons. The molecule has 1 saturated carbocycles. The first-order valence-corrected chi connectivity index (χ1v) is 5.31. The molecule has 0 atom stereocenters. The Bertz CT molecular complexity index is 232. The van der Waals surface area contributed by atoms with E-state index in [4.69, 9.17) is 5.73 Å². The molecule has 0 bridgehead atoms. The summed E-state index contributed by atoms with van der Waals surface area (Å²) in [7, 11) is 0. The molecule has 1 aliphatic rings. The van der Waals surface area contributed by atoms with Gasteiger partial charge in [0.1, 0.15) is 0 Å².